The highest BCUT2D eigenvalue weighted by atomic mass is 32.2. The fraction of sp³-hybridized carbons (Fsp3) is 0.588. The van der Waals surface area contributed by atoms with Gasteiger partial charge < -0.3 is 69.7 Å². The molecule has 9 rings (SSSR count). The lowest BCUT2D eigenvalue weighted by atomic mass is 9.72. The van der Waals surface area contributed by atoms with Crippen molar-refractivity contribution in [1.82, 2.24) is 35.6 Å². The lowest BCUT2D eigenvalue weighted by Crippen LogP contribution is -2.55. The van der Waals surface area contributed by atoms with Crippen LogP contribution in [0.3, 0.4) is 0 Å². The van der Waals surface area contributed by atoms with Crippen LogP contribution in [0.1, 0.15) is 101 Å². The van der Waals surface area contributed by atoms with Crippen LogP contribution in [-0.2, 0) is 64.2 Å². The highest BCUT2D eigenvalue weighted by molar-refractivity contribution is 7.88. The van der Waals surface area contributed by atoms with Gasteiger partial charge in [0, 0.05) is 81.1 Å². The quantitative estimate of drug-likeness (QED) is 0.0395. The lowest BCUT2D eigenvalue weighted by Gasteiger charge is -2.43. The van der Waals surface area contributed by atoms with E-state index in [-0.39, 0.29) is 66.1 Å². The summed E-state index contributed by atoms with van der Waals surface area (Å²) in [5, 5.41) is 45.8. The number of nitrogens with one attached hydrogen (secondary N) is 6. The Morgan fingerprint density at radius 1 is 0.885 bits per heavy atom. The number of carbonyl (C=O) groups is 7. The van der Waals surface area contributed by atoms with E-state index in [1.165, 1.54) is 25.3 Å². The molecule has 11 atom stereocenters. The number of phenols is 2. The molecule has 2 aromatic rings. The number of aromatic hydroxyl groups is 2. The average Bonchev–Trinajstić information content (AvgIpc) is 4.03. The number of methoxy groups -OCH3 is 1. The van der Waals surface area contributed by atoms with E-state index in [1.807, 2.05) is 11.6 Å². The molecule has 9 N–H and O–H groups in total. The van der Waals surface area contributed by atoms with Gasteiger partial charge in [-0.25, -0.2) is 9.52 Å². The minimum atomic E-state index is -4.49. The summed E-state index contributed by atoms with van der Waals surface area (Å²) in [5.41, 5.74) is -4.04. The van der Waals surface area contributed by atoms with Crippen molar-refractivity contribution in [3.63, 3.8) is 0 Å². The zero-order valence-electron chi connectivity index (χ0n) is 43.0. The first kappa shape index (κ1) is 56.2. The van der Waals surface area contributed by atoms with Crippen molar-refractivity contribution in [2.45, 2.75) is 108 Å². The first-order valence-corrected chi connectivity index (χ1v) is 27.3. The molecule has 3 aliphatic heterocycles. The Hall–Kier alpha value is -6.48. The molecule has 1 unspecified atom stereocenters. The smallest absolute Gasteiger partial charge is 0.421 e. The molecule has 4 fully saturated rings. The van der Waals surface area contributed by atoms with Crippen molar-refractivity contribution in [3.8, 4) is 29.1 Å². The molecule has 422 valence electrons. The maximum Gasteiger partial charge on any atom is 0.421 e. The zero-order chi connectivity index (χ0) is 55.6. The number of rotatable bonds is 19. The standard InChI is InChI=1S/C51H63N7O19S/c1-4-72-48-47-58(16-17-73-48)31-18-37(75-25(2)46(31)77-47)76-33-20-51(68,19-29-39(33)45(65)41-40(43(29)63)42(62)28-12-9-13-32(71-3)38(28)44(41)64)49(66)53-15-14-52-34(59)21-54-35(60)22-55-36(61)23-56-78(69,70)57-50(67)74-24-30-26-10-7-5-6-8-11-27(26)30/h9,12-13,25-27,30-31,33,37,46-48,56,63,65,68H,4,7-8,10-11,14-24H2,1-3H3,(H,52,59)(H,53,66)(H,54,60)(H,55,61)(H,57,67)/t25-,26-,27+,30?,31-,33-,37-,46+,47+,48-,51-/m0/s1. The average molecular weight is 1110 g/mol. The predicted molar refractivity (Wildman–Crippen MR) is 266 cm³/mol. The summed E-state index contributed by atoms with van der Waals surface area (Å²) in [6.07, 6.45) is -3.58. The minimum absolute atomic E-state index is 0.0498. The molecule has 26 nitrogen and oxygen atoms in total. The maximum atomic E-state index is 14.2. The van der Waals surface area contributed by atoms with E-state index in [1.54, 1.807) is 11.6 Å². The number of hydrogen-bond acceptors (Lipinski definition) is 20. The van der Waals surface area contributed by atoms with Gasteiger partial charge in [-0.3, -0.25) is 33.7 Å². The minimum Gasteiger partial charge on any atom is -0.507 e. The summed E-state index contributed by atoms with van der Waals surface area (Å²) in [6, 6.07) is 4.06. The van der Waals surface area contributed by atoms with Gasteiger partial charge in [0.2, 0.25) is 23.5 Å². The molecule has 7 aliphatic rings. The fourth-order valence-corrected chi connectivity index (χ4v) is 12.2. The van der Waals surface area contributed by atoms with Crippen molar-refractivity contribution in [3.05, 3.63) is 51.6 Å². The SMILES string of the molecule is CCO[C@H]1OCCN2[C@@H]1O[C@@H]1[C@H](C)O[C@@H](O[C@H]3C[C@](O)(C(=O)NCCNC(=O)CNC(=O)CNC(=O)CNS(=O)(=O)NC(=O)OCC4[C@H]5CCC#CCC[C@@H]45)Cc4c(O)c5c(c(O)c43)C(=O)c3c(OC)cccc3C5=O)C[C@@H]12. The van der Waals surface area contributed by atoms with Crippen LogP contribution in [0.4, 0.5) is 4.79 Å². The van der Waals surface area contributed by atoms with Crippen molar-refractivity contribution in [1.29, 1.82) is 0 Å². The van der Waals surface area contributed by atoms with Gasteiger partial charge in [0.05, 0.1) is 68.9 Å². The van der Waals surface area contributed by atoms with Crippen molar-refractivity contribution >= 4 is 51.5 Å². The Morgan fingerprint density at radius 3 is 2.27 bits per heavy atom. The molecular weight excluding hydrogens is 1050 g/mol. The number of fused-ring (bicyclic) bond motifs is 7. The van der Waals surface area contributed by atoms with E-state index in [4.69, 9.17) is 33.2 Å². The normalized spacial score (nSPS) is 28.7. The zero-order valence-corrected chi connectivity index (χ0v) is 43.9. The fourth-order valence-electron chi connectivity index (χ4n) is 11.5. The lowest BCUT2D eigenvalue weighted by molar-refractivity contribution is -0.260. The largest absolute Gasteiger partial charge is 0.507 e. The van der Waals surface area contributed by atoms with E-state index in [9.17, 15) is 57.3 Å². The van der Waals surface area contributed by atoms with Gasteiger partial charge in [-0.15, -0.1) is 11.8 Å². The number of morpholine rings is 1. The third kappa shape index (κ3) is 11.8. The Balaban J connectivity index is 0.781. The van der Waals surface area contributed by atoms with Crippen molar-refractivity contribution in [2.75, 3.05) is 66.2 Å². The van der Waals surface area contributed by atoms with E-state index in [2.05, 4.69) is 38.0 Å². The van der Waals surface area contributed by atoms with Crippen LogP contribution in [0.25, 0.3) is 0 Å². The number of nitrogens with zero attached hydrogens (tertiary/aromatic N) is 1. The van der Waals surface area contributed by atoms with Gasteiger partial charge in [0.15, 0.2) is 24.6 Å². The van der Waals surface area contributed by atoms with Crippen LogP contribution in [0.5, 0.6) is 17.2 Å². The Morgan fingerprint density at radius 2 is 1.56 bits per heavy atom. The van der Waals surface area contributed by atoms with Crippen molar-refractivity contribution < 1.29 is 90.5 Å². The Kier molecular flexibility index (Phi) is 16.9. The van der Waals surface area contributed by atoms with Crippen LogP contribution < -0.4 is 35.4 Å². The molecule has 5 amide bonds. The molecule has 0 bridgehead atoms. The molecule has 78 heavy (non-hydrogen) atoms. The summed E-state index contributed by atoms with van der Waals surface area (Å²) in [5.74, 6) is 0.571. The summed E-state index contributed by atoms with van der Waals surface area (Å²) in [6.45, 7) is 2.41. The van der Waals surface area contributed by atoms with Gasteiger partial charge in [0.25, 0.3) is 5.91 Å². The van der Waals surface area contributed by atoms with Crippen molar-refractivity contribution in [2.24, 2.45) is 17.8 Å². The molecule has 0 aromatic heterocycles. The van der Waals surface area contributed by atoms with E-state index in [0.717, 1.165) is 25.7 Å². The van der Waals surface area contributed by atoms with E-state index < -0.39 is 149 Å². The molecule has 0 radical (unpaired) electrons. The number of amides is 5. The van der Waals surface area contributed by atoms with Crippen LogP contribution in [-0.4, -0.2) is 179 Å². The first-order valence-electron chi connectivity index (χ1n) is 25.9. The highest BCUT2D eigenvalue weighted by Gasteiger charge is 2.56. The Labute approximate surface area is 448 Å². The summed E-state index contributed by atoms with van der Waals surface area (Å²) < 4.78 is 69.6. The van der Waals surface area contributed by atoms with Crippen LogP contribution >= 0.6 is 0 Å². The third-order valence-electron chi connectivity index (χ3n) is 15.2. The van der Waals surface area contributed by atoms with E-state index >= 15 is 0 Å². The summed E-state index contributed by atoms with van der Waals surface area (Å²) in [4.78, 5) is 94.0. The highest BCUT2D eigenvalue weighted by Crippen LogP contribution is 2.54. The molecule has 0 spiro atoms. The molecule has 3 saturated heterocycles. The number of benzene rings is 2. The first-order chi connectivity index (χ1) is 37.3. The molecule has 1 saturated carbocycles. The van der Waals surface area contributed by atoms with Crippen LogP contribution in [0.15, 0.2) is 18.2 Å². The monoisotopic (exact) mass is 1110 g/mol. The second kappa shape index (κ2) is 23.5. The number of carbonyl (C=O) groups excluding carboxylic acids is 7. The molecular formula is C51H63N7O19S. The predicted octanol–water partition coefficient (Wildman–Crippen LogP) is -0.995. The van der Waals surface area contributed by atoms with Crippen LogP contribution in [0.2, 0.25) is 0 Å². The molecule has 2 aromatic carbocycles. The van der Waals surface area contributed by atoms with Gasteiger partial charge in [-0.05, 0) is 50.5 Å². The third-order valence-corrected chi connectivity index (χ3v) is 16.2. The molecule has 3 heterocycles. The maximum absolute atomic E-state index is 14.2. The second-order valence-electron chi connectivity index (χ2n) is 20.0. The number of hydrogen-bond donors (Lipinski definition) is 9. The van der Waals surface area contributed by atoms with Gasteiger partial charge in [-0.1, -0.05) is 12.1 Å². The van der Waals surface area contributed by atoms with Gasteiger partial charge in [0.1, 0.15) is 29.0 Å². The summed E-state index contributed by atoms with van der Waals surface area (Å²) >= 11 is 0. The summed E-state index contributed by atoms with van der Waals surface area (Å²) in [7, 11) is -3.18. The Bertz CT molecular complexity index is 2890. The molecule has 27 heteroatoms. The molecule has 4 aliphatic carbocycles. The number of aliphatic hydroxyl groups is 1. The van der Waals surface area contributed by atoms with Crippen LogP contribution in [0, 0.1) is 29.6 Å². The van der Waals surface area contributed by atoms with Gasteiger partial charge >= 0.3 is 16.3 Å². The number of phenolic OH excluding ortho intramolecular Hbond substituents is 2. The van der Waals surface area contributed by atoms with E-state index in [0.29, 0.717) is 31.6 Å². The topological polar surface area (TPSA) is 354 Å². The second-order valence-corrected chi connectivity index (χ2v) is 21.5. The van der Waals surface area contributed by atoms with Gasteiger partial charge in [-0.2, -0.15) is 13.1 Å². The number of ether oxygens (including phenoxy) is 7. The number of ketones is 2.